The maximum Gasteiger partial charge on any atom is 0.335 e. The van der Waals surface area contributed by atoms with E-state index in [4.69, 9.17) is 5.11 Å². The fourth-order valence-corrected chi connectivity index (χ4v) is 2.59. The molecule has 3 aromatic rings. The Balaban J connectivity index is 1.92. The summed E-state index contributed by atoms with van der Waals surface area (Å²) in [6.07, 6.45) is 0. The number of carbonyl (C=O) groups excluding carboxylic acids is 1. The van der Waals surface area contributed by atoms with Gasteiger partial charge in [0, 0.05) is 11.3 Å². The zero-order valence-corrected chi connectivity index (χ0v) is 13.4. The molecule has 0 aliphatic carbocycles. The fourth-order valence-electron chi connectivity index (χ4n) is 2.59. The van der Waals surface area contributed by atoms with Gasteiger partial charge in [-0.15, -0.1) is 0 Å². The van der Waals surface area contributed by atoms with Gasteiger partial charge < -0.3 is 10.4 Å². The monoisotopic (exact) mass is 331 g/mol. The summed E-state index contributed by atoms with van der Waals surface area (Å²) < 4.78 is 0. The lowest BCUT2D eigenvalue weighted by molar-refractivity contribution is 0.0696. The Morgan fingerprint density at radius 1 is 0.720 bits per heavy atom. The van der Waals surface area contributed by atoms with Crippen LogP contribution in [0.3, 0.4) is 0 Å². The average molecular weight is 331 g/mol. The molecule has 3 rings (SSSR count). The zero-order chi connectivity index (χ0) is 17.6. The topological polar surface area (TPSA) is 66.4 Å². The summed E-state index contributed by atoms with van der Waals surface area (Å²) in [7, 11) is 0. The number of nitrogens with one attached hydrogen (secondary N) is 1. The Bertz CT molecular complexity index is 859. The first-order chi connectivity index (χ1) is 12.1. The molecular formula is C21H17NO3. The molecule has 0 bridgehead atoms. The molecule has 0 spiro atoms. The van der Waals surface area contributed by atoms with E-state index in [9.17, 15) is 9.59 Å². The van der Waals surface area contributed by atoms with Gasteiger partial charge in [-0.25, -0.2) is 4.79 Å². The lowest BCUT2D eigenvalue weighted by Crippen LogP contribution is -2.21. The van der Waals surface area contributed by atoms with Gasteiger partial charge >= 0.3 is 5.97 Å². The van der Waals surface area contributed by atoms with Crippen molar-refractivity contribution in [1.82, 2.24) is 0 Å². The lowest BCUT2D eigenvalue weighted by Gasteiger charge is -2.19. The number of hydrogen-bond donors (Lipinski definition) is 2. The van der Waals surface area contributed by atoms with Crippen molar-refractivity contribution in [3.8, 4) is 0 Å². The van der Waals surface area contributed by atoms with E-state index >= 15 is 0 Å². The Kier molecular flexibility index (Phi) is 4.90. The second-order valence-electron chi connectivity index (χ2n) is 5.60. The minimum absolute atomic E-state index is 0.0471. The van der Waals surface area contributed by atoms with Crippen LogP contribution < -0.4 is 5.32 Å². The summed E-state index contributed by atoms with van der Waals surface area (Å²) in [4.78, 5) is 23.9. The molecular weight excluding hydrogens is 314 g/mol. The third kappa shape index (κ3) is 3.93. The van der Waals surface area contributed by atoms with E-state index < -0.39 is 12.0 Å². The van der Waals surface area contributed by atoms with Crippen LogP contribution in [0.15, 0.2) is 84.9 Å². The highest BCUT2D eigenvalue weighted by atomic mass is 16.4. The summed E-state index contributed by atoms with van der Waals surface area (Å²) in [6, 6.07) is 24.4. The molecule has 0 radical (unpaired) electrons. The van der Waals surface area contributed by atoms with Crippen LogP contribution in [0.2, 0.25) is 0 Å². The molecule has 4 nitrogen and oxygen atoms in total. The number of carbonyl (C=O) groups is 2. The second-order valence-corrected chi connectivity index (χ2v) is 5.60. The average Bonchev–Trinajstić information content (AvgIpc) is 2.67. The number of carboxylic acid groups (broad SMARTS) is 1. The number of anilines is 1. The molecule has 0 saturated carbocycles. The lowest BCUT2D eigenvalue weighted by atomic mass is 9.97. The van der Waals surface area contributed by atoms with Crippen molar-refractivity contribution in [3.05, 3.63) is 102 Å². The molecule has 3 aromatic carbocycles. The van der Waals surface area contributed by atoms with Crippen LogP contribution in [0, 0.1) is 0 Å². The van der Waals surface area contributed by atoms with E-state index in [1.54, 1.807) is 24.3 Å². The van der Waals surface area contributed by atoms with Gasteiger partial charge in [0.25, 0.3) is 0 Å². The van der Waals surface area contributed by atoms with E-state index in [0.29, 0.717) is 11.3 Å². The molecule has 0 saturated heterocycles. The third-order valence-electron chi connectivity index (χ3n) is 3.90. The van der Waals surface area contributed by atoms with Crippen molar-refractivity contribution < 1.29 is 14.7 Å². The van der Waals surface area contributed by atoms with Crippen molar-refractivity contribution in [2.75, 3.05) is 5.32 Å². The Morgan fingerprint density at radius 3 is 1.84 bits per heavy atom. The zero-order valence-electron chi connectivity index (χ0n) is 13.4. The van der Waals surface area contributed by atoms with Crippen LogP contribution in [0.4, 0.5) is 5.69 Å². The molecule has 124 valence electrons. The molecule has 0 aromatic heterocycles. The summed E-state index contributed by atoms with van der Waals surface area (Å²) in [5.41, 5.74) is 2.35. The number of carboxylic acids is 1. The van der Waals surface area contributed by atoms with Crippen molar-refractivity contribution in [2.45, 2.75) is 6.04 Å². The molecule has 0 unspecified atom stereocenters. The molecule has 1 atom stereocenters. The van der Waals surface area contributed by atoms with Crippen molar-refractivity contribution >= 4 is 17.4 Å². The fraction of sp³-hybridized carbons (Fsp3) is 0.0476. The van der Waals surface area contributed by atoms with E-state index in [2.05, 4.69) is 5.32 Å². The molecule has 0 amide bonds. The van der Waals surface area contributed by atoms with Crippen molar-refractivity contribution in [1.29, 1.82) is 0 Å². The van der Waals surface area contributed by atoms with Crippen LogP contribution in [0.5, 0.6) is 0 Å². The maximum absolute atomic E-state index is 13.0. The van der Waals surface area contributed by atoms with Gasteiger partial charge in [0.15, 0.2) is 5.78 Å². The minimum Gasteiger partial charge on any atom is -0.478 e. The molecule has 2 N–H and O–H groups in total. The first kappa shape index (κ1) is 16.5. The van der Waals surface area contributed by atoms with Gasteiger partial charge in [-0.05, 0) is 29.8 Å². The Hall–Kier alpha value is -3.40. The minimum atomic E-state index is -0.980. The quantitative estimate of drug-likeness (QED) is 0.656. The number of rotatable bonds is 6. The van der Waals surface area contributed by atoms with Crippen LogP contribution in [0.1, 0.15) is 32.3 Å². The maximum atomic E-state index is 13.0. The van der Waals surface area contributed by atoms with Gasteiger partial charge in [0.1, 0.15) is 6.04 Å². The van der Waals surface area contributed by atoms with Crippen LogP contribution >= 0.6 is 0 Å². The highest BCUT2D eigenvalue weighted by Gasteiger charge is 2.21. The molecule has 4 heteroatoms. The molecule has 25 heavy (non-hydrogen) atoms. The highest BCUT2D eigenvalue weighted by molar-refractivity contribution is 6.02. The molecule has 0 aliphatic heterocycles. The largest absolute Gasteiger partial charge is 0.478 e. The number of ketones is 1. The van der Waals surface area contributed by atoms with Gasteiger partial charge in [-0.1, -0.05) is 60.7 Å². The summed E-state index contributed by atoms with van der Waals surface area (Å²) >= 11 is 0. The predicted molar refractivity (Wildman–Crippen MR) is 97.0 cm³/mol. The van der Waals surface area contributed by atoms with Gasteiger partial charge in [0.05, 0.1) is 5.56 Å². The third-order valence-corrected chi connectivity index (χ3v) is 3.90. The summed E-state index contributed by atoms with van der Waals surface area (Å²) in [5.74, 6) is -1.03. The first-order valence-corrected chi connectivity index (χ1v) is 7.89. The van der Waals surface area contributed by atoms with Crippen molar-refractivity contribution in [3.63, 3.8) is 0 Å². The van der Waals surface area contributed by atoms with E-state index in [0.717, 1.165) is 5.56 Å². The van der Waals surface area contributed by atoms with Gasteiger partial charge in [0.2, 0.25) is 0 Å². The second kappa shape index (κ2) is 7.45. The van der Waals surface area contributed by atoms with Crippen LogP contribution in [-0.2, 0) is 0 Å². The molecule has 0 aliphatic rings. The smallest absolute Gasteiger partial charge is 0.335 e. The number of hydrogen-bond acceptors (Lipinski definition) is 3. The summed E-state index contributed by atoms with van der Waals surface area (Å²) in [6.45, 7) is 0. The van der Waals surface area contributed by atoms with Gasteiger partial charge in [-0.3, -0.25) is 4.79 Å². The Morgan fingerprint density at radius 2 is 1.28 bits per heavy atom. The number of Topliss-reactive ketones (excluding diaryl/α,β-unsaturated/α-hetero) is 1. The normalized spacial score (nSPS) is 11.5. The van der Waals surface area contributed by atoms with E-state index in [1.807, 2.05) is 48.5 Å². The van der Waals surface area contributed by atoms with Crippen LogP contribution in [0.25, 0.3) is 0 Å². The Labute approximate surface area is 145 Å². The van der Waals surface area contributed by atoms with Crippen molar-refractivity contribution in [2.24, 2.45) is 0 Å². The summed E-state index contributed by atoms with van der Waals surface area (Å²) in [5, 5.41) is 12.2. The molecule has 0 heterocycles. The number of benzene rings is 3. The predicted octanol–water partition coefficient (Wildman–Crippen LogP) is 4.42. The SMILES string of the molecule is O=C(O)c1ccc(N[C@@H](C(=O)c2ccccc2)c2ccccc2)cc1. The van der Waals surface area contributed by atoms with E-state index in [-0.39, 0.29) is 11.3 Å². The molecule has 0 fully saturated rings. The standard InChI is InChI=1S/C21H17NO3/c23-20(16-9-5-2-6-10-16)19(15-7-3-1-4-8-15)22-18-13-11-17(12-14-18)21(24)25/h1-14,19,22H,(H,24,25)/t19-/m1/s1. The highest BCUT2D eigenvalue weighted by Crippen LogP contribution is 2.24. The van der Waals surface area contributed by atoms with Gasteiger partial charge in [-0.2, -0.15) is 0 Å². The van der Waals surface area contributed by atoms with E-state index in [1.165, 1.54) is 12.1 Å². The first-order valence-electron chi connectivity index (χ1n) is 7.89. The number of aromatic carboxylic acids is 1. The van der Waals surface area contributed by atoms with Crippen LogP contribution in [-0.4, -0.2) is 16.9 Å².